The summed E-state index contributed by atoms with van der Waals surface area (Å²) in [7, 11) is 0. The van der Waals surface area contributed by atoms with Gasteiger partial charge in [-0.1, -0.05) is 0 Å². The summed E-state index contributed by atoms with van der Waals surface area (Å²) in [6.07, 6.45) is 5.73. The van der Waals surface area contributed by atoms with Crippen LogP contribution in [0, 0.1) is 0 Å². The number of carbonyl (C=O) groups is 1. The average molecular weight is 251 g/mol. The van der Waals surface area contributed by atoms with Crippen molar-refractivity contribution in [2.75, 3.05) is 13.1 Å². The van der Waals surface area contributed by atoms with Gasteiger partial charge < -0.3 is 10.0 Å². The zero-order valence-electron chi connectivity index (χ0n) is 11.0. The molecule has 5 heteroatoms. The summed E-state index contributed by atoms with van der Waals surface area (Å²) >= 11 is 0. The van der Waals surface area contributed by atoms with E-state index in [1.165, 1.54) is 0 Å². The second-order valence-electron chi connectivity index (χ2n) is 5.34. The highest BCUT2D eigenvalue weighted by atomic mass is 16.3. The number of amides is 1. The molecule has 1 aromatic heterocycles. The van der Waals surface area contributed by atoms with Crippen LogP contribution in [0.4, 0.5) is 0 Å². The molecule has 0 saturated carbocycles. The number of hydrogen-bond donors (Lipinski definition) is 1. The van der Waals surface area contributed by atoms with Crippen LogP contribution in [0.25, 0.3) is 0 Å². The molecule has 0 aliphatic carbocycles. The molecule has 2 unspecified atom stereocenters. The van der Waals surface area contributed by atoms with Gasteiger partial charge in [0.25, 0.3) is 0 Å². The SMILES string of the molecule is CC(C(=O)N1CCCC(C)(O)CC1)n1cccn1. The van der Waals surface area contributed by atoms with E-state index in [-0.39, 0.29) is 11.9 Å². The summed E-state index contributed by atoms with van der Waals surface area (Å²) in [5.41, 5.74) is -0.635. The van der Waals surface area contributed by atoms with Gasteiger partial charge in [0.15, 0.2) is 0 Å². The van der Waals surface area contributed by atoms with Crippen LogP contribution in [0.5, 0.6) is 0 Å². The third-order valence-electron chi connectivity index (χ3n) is 3.65. The lowest BCUT2D eigenvalue weighted by molar-refractivity contribution is -0.134. The minimum atomic E-state index is -0.635. The van der Waals surface area contributed by atoms with E-state index in [0.717, 1.165) is 19.4 Å². The van der Waals surface area contributed by atoms with Crippen LogP contribution in [0.3, 0.4) is 0 Å². The standard InChI is InChI=1S/C13H21N3O2/c1-11(16-9-4-7-14-16)12(17)15-8-3-5-13(2,18)6-10-15/h4,7,9,11,18H,3,5-6,8,10H2,1-2H3. The molecule has 1 aliphatic rings. The molecule has 0 aromatic carbocycles. The van der Waals surface area contributed by atoms with Gasteiger partial charge in [0, 0.05) is 25.5 Å². The monoisotopic (exact) mass is 251 g/mol. The van der Waals surface area contributed by atoms with Gasteiger partial charge in [-0.2, -0.15) is 5.10 Å². The van der Waals surface area contributed by atoms with Crippen molar-refractivity contribution in [1.82, 2.24) is 14.7 Å². The smallest absolute Gasteiger partial charge is 0.247 e. The number of aliphatic hydroxyl groups is 1. The van der Waals surface area contributed by atoms with Crippen molar-refractivity contribution < 1.29 is 9.90 Å². The maximum Gasteiger partial charge on any atom is 0.247 e. The Morgan fingerprint density at radius 1 is 1.44 bits per heavy atom. The van der Waals surface area contributed by atoms with Crippen molar-refractivity contribution >= 4 is 5.91 Å². The van der Waals surface area contributed by atoms with E-state index in [1.54, 1.807) is 17.1 Å². The summed E-state index contributed by atoms with van der Waals surface area (Å²) in [4.78, 5) is 14.2. The van der Waals surface area contributed by atoms with E-state index in [4.69, 9.17) is 0 Å². The molecule has 2 atom stereocenters. The van der Waals surface area contributed by atoms with Crippen molar-refractivity contribution in [2.24, 2.45) is 0 Å². The fourth-order valence-corrected chi connectivity index (χ4v) is 2.37. The maximum absolute atomic E-state index is 12.3. The first-order valence-electron chi connectivity index (χ1n) is 6.50. The molecule has 0 radical (unpaired) electrons. The molecule has 1 fully saturated rings. The van der Waals surface area contributed by atoms with Crippen LogP contribution in [0.15, 0.2) is 18.5 Å². The predicted molar refractivity (Wildman–Crippen MR) is 68.0 cm³/mol. The van der Waals surface area contributed by atoms with Crippen LogP contribution in [-0.2, 0) is 4.79 Å². The quantitative estimate of drug-likeness (QED) is 0.859. The van der Waals surface area contributed by atoms with E-state index < -0.39 is 5.60 Å². The van der Waals surface area contributed by atoms with Crippen LogP contribution in [-0.4, -0.2) is 44.4 Å². The molecule has 0 bridgehead atoms. The number of likely N-dealkylation sites (tertiary alicyclic amines) is 1. The molecular weight excluding hydrogens is 230 g/mol. The second-order valence-corrected chi connectivity index (χ2v) is 5.34. The van der Waals surface area contributed by atoms with Crippen LogP contribution < -0.4 is 0 Å². The molecule has 0 spiro atoms. The number of nitrogens with zero attached hydrogens (tertiary/aromatic N) is 3. The van der Waals surface area contributed by atoms with Gasteiger partial charge >= 0.3 is 0 Å². The highest BCUT2D eigenvalue weighted by molar-refractivity contribution is 5.80. The third kappa shape index (κ3) is 2.90. The Balaban J connectivity index is 2.01. The number of rotatable bonds is 2. The van der Waals surface area contributed by atoms with E-state index in [9.17, 15) is 9.90 Å². The number of hydrogen-bond acceptors (Lipinski definition) is 3. The van der Waals surface area contributed by atoms with Crippen molar-refractivity contribution in [2.45, 2.75) is 44.8 Å². The highest BCUT2D eigenvalue weighted by Gasteiger charge is 2.29. The van der Waals surface area contributed by atoms with Gasteiger partial charge in [0.2, 0.25) is 5.91 Å². The number of carbonyl (C=O) groups excluding carboxylic acids is 1. The summed E-state index contributed by atoms with van der Waals surface area (Å²) in [6.45, 7) is 5.05. The minimum absolute atomic E-state index is 0.0800. The van der Waals surface area contributed by atoms with Crippen molar-refractivity contribution in [3.05, 3.63) is 18.5 Å². The summed E-state index contributed by atoms with van der Waals surface area (Å²) < 4.78 is 1.67. The topological polar surface area (TPSA) is 58.4 Å². The summed E-state index contributed by atoms with van der Waals surface area (Å²) in [5.74, 6) is 0.0800. The van der Waals surface area contributed by atoms with E-state index in [1.807, 2.05) is 24.8 Å². The van der Waals surface area contributed by atoms with Gasteiger partial charge in [0.1, 0.15) is 6.04 Å². The lowest BCUT2D eigenvalue weighted by Gasteiger charge is -2.25. The van der Waals surface area contributed by atoms with Crippen LogP contribution >= 0.6 is 0 Å². The average Bonchev–Trinajstić information content (AvgIpc) is 2.79. The van der Waals surface area contributed by atoms with Gasteiger partial charge in [-0.05, 0) is 39.2 Å². The van der Waals surface area contributed by atoms with E-state index in [2.05, 4.69) is 5.10 Å². The molecule has 1 N–H and O–H groups in total. The predicted octanol–water partition coefficient (Wildman–Crippen LogP) is 1.21. The van der Waals surface area contributed by atoms with E-state index >= 15 is 0 Å². The zero-order chi connectivity index (χ0) is 13.2. The van der Waals surface area contributed by atoms with Crippen LogP contribution in [0.1, 0.15) is 39.2 Å². The van der Waals surface area contributed by atoms with Crippen molar-refractivity contribution in [3.63, 3.8) is 0 Å². The van der Waals surface area contributed by atoms with Gasteiger partial charge in [0.05, 0.1) is 5.60 Å². The Bertz CT molecular complexity index is 400. The molecule has 5 nitrogen and oxygen atoms in total. The Hall–Kier alpha value is -1.36. The third-order valence-corrected chi connectivity index (χ3v) is 3.65. The van der Waals surface area contributed by atoms with Crippen molar-refractivity contribution in [1.29, 1.82) is 0 Å². The molecule has 18 heavy (non-hydrogen) atoms. The molecule has 100 valence electrons. The first-order valence-corrected chi connectivity index (χ1v) is 6.50. The summed E-state index contributed by atoms with van der Waals surface area (Å²) in [6, 6.07) is 1.54. The lowest BCUT2D eigenvalue weighted by atomic mass is 9.98. The number of aromatic nitrogens is 2. The Labute approximate surface area is 107 Å². The fourth-order valence-electron chi connectivity index (χ4n) is 2.37. The van der Waals surface area contributed by atoms with Gasteiger partial charge in [-0.25, -0.2) is 0 Å². The lowest BCUT2D eigenvalue weighted by Crippen LogP contribution is -2.38. The maximum atomic E-state index is 12.3. The Morgan fingerprint density at radius 3 is 2.89 bits per heavy atom. The molecule has 1 saturated heterocycles. The van der Waals surface area contributed by atoms with Gasteiger partial charge in [-0.15, -0.1) is 0 Å². The molecule has 1 aliphatic heterocycles. The largest absolute Gasteiger partial charge is 0.390 e. The zero-order valence-corrected chi connectivity index (χ0v) is 11.0. The van der Waals surface area contributed by atoms with E-state index in [0.29, 0.717) is 13.0 Å². The fraction of sp³-hybridized carbons (Fsp3) is 0.692. The van der Waals surface area contributed by atoms with Gasteiger partial charge in [-0.3, -0.25) is 9.48 Å². The molecule has 2 heterocycles. The summed E-state index contributed by atoms with van der Waals surface area (Å²) in [5, 5.41) is 14.1. The Morgan fingerprint density at radius 2 is 2.22 bits per heavy atom. The minimum Gasteiger partial charge on any atom is -0.390 e. The Kier molecular flexibility index (Phi) is 3.71. The molecule has 2 rings (SSSR count). The van der Waals surface area contributed by atoms with Crippen molar-refractivity contribution in [3.8, 4) is 0 Å². The molecule has 1 amide bonds. The first kappa shape index (κ1) is 13.1. The second kappa shape index (κ2) is 5.10. The first-order chi connectivity index (χ1) is 8.49. The molecular formula is C13H21N3O2. The molecule has 1 aromatic rings. The highest BCUT2D eigenvalue weighted by Crippen LogP contribution is 2.22. The van der Waals surface area contributed by atoms with Crippen LogP contribution in [0.2, 0.25) is 0 Å². The normalized spacial score (nSPS) is 26.7.